The van der Waals surface area contributed by atoms with Crippen LogP contribution in [-0.2, 0) is 9.59 Å². The third-order valence-electron chi connectivity index (χ3n) is 5.89. The number of likely N-dealkylation sites (tertiary alicyclic amines) is 1. The largest absolute Gasteiger partial charge is 0.366 e. The molecule has 0 saturated carbocycles. The minimum Gasteiger partial charge on any atom is -0.366 e. The van der Waals surface area contributed by atoms with Crippen LogP contribution in [-0.4, -0.2) is 29.8 Å². The molecule has 0 spiro atoms. The lowest BCUT2D eigenvalue weighted by Gasteiger charge is -2.33. The predicted octanol–water partition coefficient (Wildman–Crippen LogP) is 5.08. The smallest absolute Gasteiger partial charge is 0.282 e. The molecule has 4 rings (SSSR count). The maximum Gasteiger partial charge on any atom is 0.282 e. The zero-order valence-electron chi connectivity index (χ0n) is 17.0. The van der Waals surface area contributed by atoms with E-state index in [4.69, 9.17) is 0 Å². The van der Waals surface area contributed by atoms with Crippen LogP contribution in [0.2, 0.25) is 0 Å². The Bertz CT molecular complexity index is 1030. The maximum absolute atomic E-state index is 13.6. The first-order valence-electron chi connectivity index (χ1n) is 10.1. The van der Waals surface area contributed by atoms with Crippen LogP contribution in [0.25, 0.3) is 5.57 Å². The molecule has 4 nitrogen and oxygen atoms in total. The molecular formula is C24H25BrN2O2. The number of hydrogen-bond acceptors (Lipinski definition) is 3. The Labute approximate surface area is 180 Å². The summed E-state index contributed by atoms with van der Waals surface area (Å²) in [4.78, 5) is 30.6. The fourth-order valence-electron chi connectivity index (χ4n) is 4.21. The highest BCUT2D eigenvalue weighted by atomic mass is 79.9. The summed E-state index contributed by atoms with van der Waals surface area (Å²) in [7, 11) is 0. The first-order chi connectivity index (χ1) is 13.9. The summed E-state index contributed by atoms with van der Waals surface area (Å²) in [6.45, 7) is 7.90. The lowest BCUT2D eigenvalue weighted by atomic mass is 9.96. The molecule has 1 unspecified atom stereocenters. The number of rotatable bonds is 3. The molecule has 0 N–H and O–H groups in total. The molecule has 2 amide bonds. The van der Waals surface area contributed by atoms with E-state index < -0.39 is 0 Å². The number of nitrogens with zero attached hydrogens (tertiary/aromatic N) is 2. The van der Waals surface area contributed by atoms with E-state index in [2.05, 4.69) is 34.7 Å². The van der Waals surface area contributed by atoms with Gasteiger partial charge in [-0.05, 0) is 67.5 Å². The summed E-state index contributed by atoms with van der Waals surface area (Å²) in [6, 6.07) is 13.4. The molecule has 0 radical (unpaired) electrons. The van der Waals surface area contributed by atoms with Crippen LogP contribution >= 0.6 is 15.9 Å². The SMILES string of the molecule is Cc1ccc(C2=C(N3CCCC(C)C3)C(=O)N(c3cccc(Br)c3)C2=O)cc1C. The molecule has 2 aromatic carbocycles. The van der Waals surface area contributed by atoms with E-state index in [1.807, 2.05) is 43.3 Å². The van der Waals surface area contributed by atoms with Gasteiger partial charge in [0, 0.05) is 17.6 Å². The molecule has 2 aliphatic heterocycles. The molecule has 0 bridgehead atoms. The number of carbonyl (C=O) groups excluding carboxylic acids is 2. The second-order valence-electron chi connectivity index (χ2n) is 8.14. The monoisotopic (exact) mass is 452 g/mol. The van der Waals surface area contributed by atoms with Crippen molar-refractivity contribution in [3.63, 3.8) is 0 Å². The van der Waals surface area contributed by atoms with Crippen LogP contribution in [0, 0.1) is 19.8 Å². The highest BCUT2D eigenvalue weighted by Crippen LogP contribution is 2.37. The van der Waals surface area contributed by atoms with E-state index in [-0.39, 0.29) is 11.8 Å². The van der Waals surface area contributed by atoms with Crippen LogP contribution in [0.5, 0.6) is 0 Å². The van der Waals surface area contributed by atoms with E-state index in [9.17, 15) is 9.59 Å². The molecule has 2 aromatic rings. The highest BCUT2D eigenvalue weighted by molar-refractivity contribution is 9.10. The number of halogens is 1. The van der Waals surface area contributed by atoms with E-state index in [1.54, 1.807) is 6.07 Å². The van der Waals surface area contributed by atoms with Gasteiger partial charge in [0.25, 0.3) is 11.8 Å². The Morgan fingerprint density at radius 3 is 2.48 bits per heavy atom. The van der Waals surface area contributed by atoms with Gasteiger partial charge >= 0.3 is 0 Å². The third kappa shape index (κ3) is 3.64. The van der Waals surface area contributed by atoms with E-state index >= 15 is 0 Å². The Morgan fingerprint density at radius 2 is 1.79 bits per heavy atom. The van der Waals surface area contributed by atoms with Crippen molar-refractivity contribution in [3.8, 4) is 0 Å². The molecule has 1 atom stereocenters. The lowest BCUT2D eigenvalue weighted by Crippen LogP contribution is -2.39. The van der Waals surface area contributed by atoms with Gasteiger partial charge in [0.2, 0.25) is 0 Å². The van der Waals surface area contributed by atoms with Crippen LogP contribution in [0.4, 0.5) is 5.69 Å². The van der Waals surface area contributed by atoms with Crippen LogP contribution in [0.3, 0.4) is 0 Å². The summed E-state index contributed by atoms with van der Waals surface area (Å²) < 4.78 is 0.836. The Kier molecular flexibility index (Phi) is 5.34. The minimum absolute atomic E-state index is 0.226. The van der Waals surface area contributed by atoms with E-state index in [0.29, 0.717) is 22.9 Å². The first-order valence-corrected chi connectivity index (χ1v) is 10.9. The van der Waals surface area contributed by atoms with Crippen molar-refractivity contribution in [1.82, 2.24) is 4.90 Å². The average molecular weight is 453 g/mol. The van der Waals surface area contributed by atoms with Gasteiger partial charge in [-0.2, -0.15) is 0 Å². The Hall–Kier alpha value is -2.40. The second-order valence-corrected chi connectivity index (χ2v) is 9.06. The number of aryl methyl sites for hydroxylation is 2. The zero-order chi connectivity index (χ0) is 20.7. The minimum atomic E-state index is -0.246. The first kappa shape index (κ1) is 19.9. The molecule has 1 fully saturated rings. The summed E-state index contributed by atoms with van der Waals surface area (Å²) >= 11 is 3.45. The van der Waals surface area contributed by atoms with Crippen molar-refractivity contribution >= 4 is 39.0 Å². The molecule has 0 aliphatic carbocycles. The quantitative estimate of drug-likeness (QED) is 0.609. The van der Waals surface area contributed by atoms with Gasteiger partial charge < -0.3 is 4.90 Å². The molecule has 1 saturated heterocycles. The van der Waals surface area contributed by atoms with Crippen molar-refractivity contribution in [2.45, 2.75) is 33.6 Å². The second kappa shape index (κ2) is 7.79. The number of benzene rings is 2. The summed E-state index contributed by atoms with van der Waals surface area (Å²) in [5, 5.41) is 0. The lowest BCUT2D eigenvalue weighted by molar-refractivity contribution is -0.120. The molecule has 29 heavy (non-hydrogen) atoms. The van der Waals surface area contributed by atoms with Gasteiger partial charge in [0.1, 0.15) is 5.70 Å². The number of anilines is 1. The van der Waals surface area contributed by atoms with E-state index in [0.717, 1.165) is 41.5 Å². The topological polar surface area (TPSA) is 40.6 Å². The predicted molar refractivity (Wildman–Crippen MR) is 119 cm³/mol. The normalized spacial score (nSPS) is 20.1. The zero-order valence-corrected chi connectivity index (χ0v) is 18.6. The average Bonchev–Trinajstić information content (AvgIpc) is 2.94. The van der Waals surface area contributed by atoms with Gasteiger partial charge in [-0.1, -0.05) is 47.1 Å². The standard InChI is InChI=1S/C24H25BrN2O2/c1-15-6-5-11-26(14-15)22-21(18-10-9-16(2)17(3)12-18)23(28)27(24(22)29)20-8-4-7-19(25)13-20/h4,7-10,12-13,15H,5-6,11,14H2,1-3H3. The van der Waals surface area contributed by atoms with Crippen molar-refractivity contribution in [3.05, 3.63) is 69.3 Å². The fourth-order valence-corrected chi connectivity index (χ4v) is 4.60. The molecular weight excluding hydrogens is 428 g/mol. The Morgan fingerprint density at radius 1 is 1.00 bits per heavy atom. The van der Waals surface area contributed by atoms with Crippen molar-refractivity contribution in [1.29, 1.82) is 0 Å². The molecule has 150 valence electrons. The number of piperidine rings is 1. The number of carbonyl (C=O) groups is 2. The van der Waals surface area contributed by atoms with Gasteiger partial charge in [-0.15, -0.1) is 0 Å². The van der Waals surface area contributed by atoms with Crippen molar-refractivity contribution in [2.24, 2.45) is 5.92 Å². The fraction of sp³-hybridized carbons (Fsp3) is 0.333. The summed E-state index contributed by atoms with van der Waals surface area (Å²) in [6.07, 6.45) is 2.18. The van der Waals surface area contributed by atoms with Gasteiger partial charge in [0.15, 0.2) is 0 Å². The van der Waals surface area contributed by atoms with Crippen molar-refractivity contribution in [2.75, 3.05) is 18.0 Å². The summed E-state index contributed by atoms with van der Waals surface area (Å²) in [5.74, 6) is 0.0279. The van der Waals surface area contributed by atoms with Crippen LogP contribution in [0.15, 0.2) is 52.6 Å². The third-order valence-corrected chi connectivity index (χ3v) is 6.39. The molecule has 2 aliphatic rings. The molecule has 0 aromatic heterocycles. The molecule has 2 heterocycles. The summed E-state index contributed by atoms with van der Waals surface area (Å²) in [5.41, 5.74) is 4.76. The van der Waals surface area contributed by atoms with Crippen LogP contribution < -0.4 is 4.90 Å². The highest BCUT2D eigenvalue weighted by Gasteiger charge is 2.43. The van der Waals surface area contributed by atoms with E-state index in [1.165, 1.54) is 10.5 Å². The maximum atomic E-state index is 13.6. The van der Waals surface area contributed by atoms with Crippen molar-refractivity contribution < 1.29 is 9.59 Å². The van der Waals surface area contributed by atoms with Crippen LogP contribution in [0.1, 0.15) is 36.5 Å². The number of amides is 2. The van der Waals surface area contributed by atoms with Gasteiger partial charge in [0.05, 0.1) is 11.3 Å². The number of hydrogen-bond donors (Lipinski definition) is 0. The number of imide groups is 1. The van der Waals surface area contributed by atoms with Gasteiger partial charge in [-0.25, -0.2) is 4.90 Å². The van der Waals surface area contributed by atoms with Gasteiger partial charge in [-0.3, -0.25) is 9.59 Å². The Balaban J connectivity index is 1.85. The molecule has 5 heteroatoms.